The van der Waals surface area contributed by atoms with Gasteiger partial charge in [0.25, 0.3) is 0 Å². The lowest BCUT2D eigenvalue weighted by Crippen LogP contribution is -2.47. The molecule has 2 aliphatic carbocycles. The Bertz CT molecular complexity index is 476. The van der Waals surface area contributed by atoms with Crippen molar-refractivity contribution in [1.29, 1.82) is 0 Å². The van der Waals surface area contributed by atoms with Crippen molar-refractivity contribution in [2.45, 2.75) is 45.1 Å². The van der Waals surface area contributed by atoms with Crippen molar-refractivity contribution in [3.05, 3.63) is 23.8 Å². The summed E-state index contributed by atoms with van der Waals surface area (Å²) in [4.78, 5) is 23.8. The van der Waals surface area contributed by atoms with Gasteiger partial charge in [0.05, 0.1) is 0 Å². The molecule has 0 unspecified atom stereocenters. The molecule has 19 heavy (non-hydrogen) atoms. The highest BCUT2D eigenvalue weighted by Crippen LogP contribution is 2.56. The van der Waals surface area contributed by atoms with Crippen molar-refractivity contribution in [3.63, 3.8) is 0 Å². The molecule has 3 nitrogen and oxygen atoms in total. The Morgan fingerprint density at radius 2 is 2.32 bits per heavy atom. The maximum Gasteiger partial charge on any atom is 0.334 e. The quantitative estimate of drug-likeness (QED) is 0.445. The van der Waals surface area contributed by atoms with Gasteiger partial charge in [-0.2, -0.15) is 0 Å². The second kappa shape index (κ2) is 4.32. The first-order chi connectivity index (χ1) is 9.14. The molecule has 3 heteroatoms. The van der Waals surface area contributed by atoms with Gasteiger partial charge >= 0.3 is 5.97 Å². The Balaban J connectivity index is 2.11. The lowest BCUT2D eigenvalue weighted by Gasteiger charge is -2.48. The summed E-state index contributed by atoms with van der Waals surface area (Å²) in [6.07, 6.45) is 7.15. The Kier molecular flexibility index (Phi) is 2.88. The fourth-order valence-corrected chi connectivity index (χ4v) is 4.35. The van der Waals surface area contributed by atoms with Crippen molar-refractivity contribution in [3.8, 4) is 0 Å². The Morgan fingerprint density at radius 1 is 1.53 bits per heavy atom. The van der Waals surface area contributed by atoms with Crippen molar-refractivity contribution < 1.29 is 14.3 Å². The average Bonchev–Trinajstić information content (AvgIpc) is 2.72. The SMILES string of the molecule is C=CC[C@@]1(C=O)[C@H](C)C[C@H]2OC(=O)C3=C2[C@H]1CCC3. The van der Waals surface area contributed by atoms with E-state index in [-0.39, 0.29) is 29.3 Å². The molecule has 0 amide bonds. The Hall–Kier alpha value is -1.38. The molecule has 0 aromatic carbocycles. The summed E-state index contributed by atoms with van der Waals surface area (Å²) in [5, 5.41) is 0. The third kappa shape index (κ3) is 1.57. The minimum absolute atomic E-state index is 0.0688. The molecular weight excluding hydrogens is 240 g/mol. The van der Waals surface area contributed by atoms with E-state index in [9.17, 15) is 9.59 Å². The predicted molar refractivity (Wildman–Crippen MR) is 71.3 cm³/mol. The van der Waals surface area contributed by atoms with E-state index in [1.165, 1.54) is 0 Å². The van der Waals surface area contributed by atoms with Crippen molar-refractivity contribution in [1.82, 2.24) is 0 Å². The third-order valence-electron chi connectivity index (χ3n) is 5.34. The summed E-state index contributed by atoms with van der Waals surface area (Å²) < 4.78 is 5.51. The van der Waals surface area contributed by atoms with Gasteiger partial charge in [-0.25, -0.2) is 4.79 Å². The van der Waals surface area contributed by atoms with E-state index in [0.717, 1.165) is 43.1 Å². The largest absolute Gasteiger partial charge is 0.454 e. The van der Waals surface area contributed by atoms with Gasteiger partial charge in [0, 0.05) is 11.0 Å². The summed E-state index contributed by atoms with van der Waals surface area (Å²) in [6.45, 7) is 5.92. The molecule has 0 bridgehead atoms. The zero-order valence-electron chi connectivity index (χ0n) is 11.4. The van der Waals surface area contributed by atoms with Crippen LogP contribution in [0.2, 0.25) is 0 Å². The topological polar surface area (TPSA) is 43.4 Å². The van der Waals surface area contributed by atoms with E-state index in [2.05, 4.69) is 13.5 Å². The van der Waals surface area contributed by atoms with E-state index in [1.54, 1.807) is 0 Å². The number of hydrogen-bond donors (Lipinski definition) is 0. The van der Waals surface area contributed by atoms with Crippen LogP contribution in [0.5, 0.6) is 0 Å². The van der Waals surface area contributed by atoms with Gasteiger partial charge in [-0.15, -0.1) is 6.58 Å². The Labute approximate surface area is 113 Å². The smallest absolute Gasteiger partial charge is 0.334 e. The van der Waals surface area contributed by atoms with E-state index in [0.29, 0.717) is 6.42 Å². The van der Waals surface area contributed by atoms with Crippen LogP contribution in [0.3, 0.4) is 0 Å². The zero-order chi connectivity index (χ0) is 13.6. The van der Waals surface area contributed by atoms with Crippen LogP contribution in [0.1, 0.15) is 39.0 Å². The van der Waals surface area contributed by atoms with Crippen molar-refractivity contribution in [2.24, 2.45) is 17.3 Å². The standard InChI is InChI=1S/C16H20O3/c1-3-7-16(9-17)10(2)8-13-14-11(15(18)19-13)5-4-6-12(14)16/h3,9-10,12-13H,1,4-8H2,2H3/t10-,12-,13-,16-/m1/s1. The number of esters is 1. The highest BCUT2D eigenvalue weighted by Gasteiger charge is 2.55. The molecule has 3 rings (SSSR count). The van der Waals surface area contributed by atoms with Gasteiger partial charge < -0.3 is 9.53 Å². The monoisotopic (exact) mass is 260 g/mol. The van der Waals surface area contributed by atoms with Crippen LogP contribution >= 0.6 is 0 Å². The fourth-order valence-electron chi connectivity index (χ4n) is 4.35. The van der Waals surface area contributed by atoms with Crippen LogP contribution < -0.4 is 0 Å². The van der Waals surface area contributed by atoms with Gasteiger partial charge in [-0.05, 0) is 49.5 Å². The minimum Gasteiger partial charge on any atom is -0.454 e. The van der Waals surface area contributed by atoms with Gasteiger partial charge in [-0.3, -0.25) is 0 Å². The highest BCUT2D eigenvalue weighted by atomic mass is 16.5. The third-order valence-corrected chi connectivity index (χ3v) is 5.34. The van der Waals surface area contributed by atoms with Crippen LogP contribution in [0.4, 0.5) is 0 Å². The van der Waals surface area contributed by atoms with Crippen LogP contribution in [0.15, 0.2) is 23.8 Å². The average molecular weight is 260 g/mol. The maximum atomic E-state index is 11.9. The van der Waals surface area contributed by atoms with E-state index >= 15 is 0 Å². The molecule has 1 saturated carbocycles. The van der Waals surface area contributed by atoms with Crippen LogP contribution in [-0.4, -0.2) is 18.4 Å². The molecule has 0 aromatic heterocycles. The molecule has 0 aromatic rings. The summed E-state index contributed by atoms with van der Waals surface area (Å²) in [5.41, 5.74) is 1.62. The molecule has 4 atom stereocenters. The minimum atomic E-state index is -0.382. The normalized spacial score (nSPS) is 40.7. The molecule has 102 valence electrons. The summed E-state index contributed by atoms with van der Waals surface area (Å²) in [6, 6.07) is 0. The van der Waals surface area contributed by atoms with Crippen LogP contribution in [-0.2, 0) is 14.3 Å². The highest BCUT2D eigenvalue weighted by molar-refractivity contribution is 5.93. The van der Waals surface area contributed by atoms with Crippen molar-refractivity contribution in [2.75, 3.05) is 0 Å². The summed E-state index contributed by atoms with van der Waals surface area (Å²) in [5.74, 6) is 0.260. The van der Waals surface area contributed by atoms with E-state index in [1.807, 2.05) is 6.08 Å². The zero-order valence-corrected chi connectivity index (χ0v) is 11.4. The molecule has 1 fully saturated rings. The first-order valence-corrected chi connectivity index (χ1v) is 7.15. The van der Waals surface area contributed by atoms with Crippen LogP contribution in [0.25, 0.3) is 0 Å². The number of aldehydes is 1. The molecule has 1 aliphatic heterocycles. The lowest BCUT2D eigenvalue weighted by molar-refractivity contribution is -0.142. The first-order valence-electron chi connectivity index (χ1n) is 7.15. The van der Waals surface area contributed by atoms with E-state index < -0.39 is 0 Å². The molecule has 0 radical (unpaired) electrons. The number of ether oxygens (including phenoxy) is 1. The van der Waals surface area contributed by atoms with Gasteiger partial charge in [0.2, 0.25) is 0 Å². The maximum absolute atomic E-state index is 11.9. The van der Waals surface area contributed by atoms with Gasteiger partial charge in [0.1, 0.15) is 12.4 Å². The number of hydrogen-bond acceptors (Lipinski definition) is 3. The second-order valence-electron chi connectivity index (χ2n) is 6.13. The summed E-state index contributed by atoms with van der Waals surface area (Å²) >= 11 is 0. The van der Waals surface area contributed by atoms with Crippen molar-refractivity contribution >= 4 is 12.3 Å². The second-order valence-corrected chi connectivity index (χ2v) is 6.13. The first kappa shape index (κ1) is 12.6. The number of carbonyl (C=O) groups excluding carboxylic acids is 2. The molecule has 3 aliphatic rings. The number of allylic oxidation sites excluding steroid dienone is 1. The molecular formula is C16H20O3. The molecule has 0 saturated heterocycles. The van der Waals surface area contributed by atoms with Crippen LogP contribution in [0, 0.1) is 17.3 Å². The number of rotatable bonds is 3. The number of carbonyl (C=O) groups is 2. The molecule has 0 spiro atoms. The molecule has 1 heterocycles. The molecule has 0 N–H and O–H groups in total. The Morgan fingerprint density at radius 3 is 3.00 bits per heavy atom. The summed E-state index contributed by atoms with van der Waals surface area (Å²) in [7, 11) is 0. The van der Waals surface area contributed by atoms with Gasteiger partial charge in [-0.1, -0.05) is 13.0 Å². The van der Waals surface area contributed by atoms with E-state index in [4.69, 9.17) is 4.74 Å². The van der Waals surface area contributed by atoms with Gasteiger partial charge in [0.15, 0.2) is 0 Å². The fraction of sp³-hybridized carbons (Fsp3) is 0.625. The lowest BCUT2D eigenvalue weighted by atomic mass is 9.54. The predicted octanol–water partition coefficient (Wildman–Crippen LogP) is 2.81.